The van der Waals surface area contributed by atoms with Crippen molar-refractivity contribution in [3.8, 4) is 11.5 Å². The van der Waals surface area contributed by atoms with E-state index in [1.54, 1.807) is 30.3 Å². The van der Waals surface area contributed by atoms with Crippen LogP contribution in [-0.2, 0) is 21.5 Å². The number of amides is 1. The molecule has 0 aromatic heterocycles. The summed E-state index contributed by atoms with van der Waals surface area (Å²) < 4.78 is 85.9. The first-order valence-corrected chi connectivity index (χ1v) is 11.0. The Kier molecular flexibility index (Phi) is 8.54. The van der Waals surface area contributed by atoms with E-state index in [4.69, 9.17) is 5.11 Å². The Morgan fingerprint density at radius 1 is 0.711 bits per heavy atom. The molecule has 0 bridgehead atoms. The van der Waals surface area contributed by atoms with Gasteiger partial charge in [-0.25, -0.2) is 0 Å². The molecule has 3 aromatic rings. The summed E-state index contributed by atoms with van der Waals surface area (Å²) in [7, 11) is 0. The molecule has 6 nitrogen and oxygen atoms in total. The van der Waals surface area contributed by atoms with E-state index in [1.165, 1.54) is 24.3 Å². The van der Waals surface area contributed by atoms with E-state index in [2.05, 4.69) is 14.8 Å². The second-order valence-electron chi connectivity index (χ2n) is 8.16. The summed E-state index contributed by atoms with van der Waals surface area (Å²) in [5.74, 6) is -3.33. The second kappa shape index (κ2) is 11.4. The van der Waals surface area contributed by atoms with Crippen molar-refractivity contribution in [2.75, 3.05) is 0 Å². The van der Waals surface area contributed by atoms with Crippen LogP contribution in [-0.4, -0.2) is 29.7 Å². The normalized spacial score (nSPS) is 12.1. The van der Waals surface area contributed by atoms with Crippen LogP contribution in [0.1, 0.15) is 29.5 Å². The molecule has 0 spiro atoms. The standard InChI is InChI=1S/C26H21F6NO5/c27-25(28,29)37-20-10-4-8-18(14-20)24(16-17-6-2-1-3-7-17,33-22(34)12-13-23(35)36)19-9-5-11-21(15-19)38-26(30,31)32/h1-11,14-15H,12-13,16H2,(H,33,34)(H,35,36). The topological polar surface area (TPSA) is 84.9 Å². The number of rotatable bonds is 10. The Hall–Kier alpha value is -4.22. The van der Waals surface area contributed by atoms with Crippen molar-refractivity contribution < 1.29 is 50.5 Å². The molecule has 1 amide bonds. The van der Waals surface area contributed by atoms with E-state index >= 15 is 0 Å². The number of alkyl halides is 6. The van der Waals surface area contributed by atoms with E-state index in [-0.39, 0.29) is 17.5 Å². The van der Waals surface area contributed by atoms with Crippen molar-refractivity contribution in [3.05, 3.63) is 95.6 Å². The molecule has 0 atom stereocenters. The summed E-state index contributed by atoms with van der Waals surface area (Å²) in [6.07, 6.45) is -11.2. The van der Waals surface area contributed by atoms with Gasteiger partial charge in [0.25, 0.3) is 0 Å². The molecule has 0 unspecified atom stereocenters. The largest absolute Gasteiger partial charge is 0.573 e. The van der Waals surface area contributed by atoms with Gasteiger partial charge in [0.15, 0.2) is 0 Å². The van der Waals surface area contributed by atoms with Crippen LogP contribution in [0.3, 0.4) is 0 Å². The van der Waals surface area contributed by atoms with E-state index in [0.717, 1.165) is 24.3 Å². The van der Waals surface area contributed by atoms with Gasteiger partial charge in [-0.1, -0.05) is 54.6 Å². The van der Waals surface area contributed by atoms with Crippen molar-refractivity contribution in [2.24, 2.45) is 0 Å². The van der Waals surface area contributed by atoms with Gasteiger partial charge in [-0.05, 0) is 41.0 Å². The first kappa shape index (κ1) is 28.4. The Labute approximate surface area is 212 Å². The number of carboxylic acid groups (broad SMARTS) is 1. The minimum atomic E-state index is -5.04. The van der Waals surface area contributed by atoms with Gasteiger partial charge in [0, 0.05) is 12.8 Å². The molecule has 0 aliphatic heterocycles. The number of nitrogens with one attached hydrogen (secondary N) is 1. The quantitative estimate of drug-likeness (QED) is 0.310. The number of carbonyl (C=O) groups excluding carboxylic acids is 1. The maximum Gasteiger partial charge on any atom is 0.573 e. The predicted octanol–water partition coefficient (Wildman–Crippen LogP) is 5.95. The lowest BCUT2D eigenvalue weighted by molar-refractivity contribution is -0.275. The van der Waals surface area contributed by atoms with E-state index < -0.39 is 54.5 Å². The van der Waals surface area contributed by atoms with Gasteiger partial charge in [0.1, 0.15) is 11.5 Å². The lowest BCUT2D eigenvalue weighted by Crippen LogP contribution is -2.48. The number of hydrogen-bond donors (Lipinski definition) is 2. The molecule has 3 rings (SSSR count). The van der Waals surface area contributed by atoms with Gasteiger partial charge in [0.2, 0.25) is 5.91 Å². The highest BCUT2D eigenvalue weighted by Crippen LogP contribution is 2.38. The molecule has 0 saturated carbocycles. The zero-order chi connectivity index (χ0) is 28.0. The number of carbonyl (C=O) groups is 2. The number of ether oxygens (including phenoxy) is 2. The van der Waals surface area contributed by atoms with E-state index in [0.29, 0.717) is 5.56 Å². The second-order valence-corrected chi connectivity index (χ2v) is 8.16. The number of carboxylic acids is 1. The fourth-order valence-corrected chi connectivity index (χ4v) is 3.90. The van der Waals surface area contributed by atoms with Crippen LogP contribution in [0, 0.1) is 0 Å². The summed E-state index contributed by atoms with van der Waals surface area (Å²) in [5.41, 5.74) is -1.12. The Bertz CT molecular complexity index is 1200. The molecule has 0 aliphatic carbocycles. The van der Waals surface area contributed by atoms with Crippen LogP contribution in [0.25, 0.3) is 0 Å². The van der Waals surface area contributed by atoms with Crippen molar-refractivity contribution in [1.82, 2.24) is 5.32 Å². The SMILES string of the molecule is O=C(O)CCC(=O)NC(Cc1ccccc1)(c1cccc(OC(F)(F)F)c1)c1cccc(OC(F)(F)F)c1. The highest BCUT2D eigenvalue weighted by Gasteiger charge is 2.39. The Balaban J connectivity index is 2.23. The summed E-state index contributed by atoms with van der Waals surface area (Å²) in [6, 6.07) is 17.6. The zero-order valence-corrected chi connectivity index (χ0v) is 19.5. The van der Waals surface area contributed by atoms with Gasteiger partial charge in [-0.3, -0.25) is 9.59 Å². The summed E-state index contributed by atoms with van der Waals surface area (Å²) in [5, 5.41) is 11.7. The van der Waals surface area contributed by atoms with Crippen LogP contribution >= 0.6 is 0 Å². The number of halogens is 6. The average Bonchev–Trinajstić information content (AvgIpc) is 2.81. The molecule has 3 aromatic carbocycles. The molecule has 12 heteroatoms. The van der Waals surface area contributed by atoms with Crippen LogP contribution < -0.4 is 14.8 Å². The van der Waals surface area contributed by atoms with Crippen molar-refractivity contribution in [3.63, 3.8) is 0 Å². The molecule has 0 fully saturated rings. The molecule has 0 aliphatic rings. The maximum absolute atomic E-state index is 13.0. The predicted molar refractivity (Wildman–Crippen MR) is 122 cm³/mol. The molecule has 0 radical (unpaired) electrons. The molecule has 0 saturated heterocycles. The summed E-state index contributed by atoms with van der Waals surface area (Å²) >= 11 is 0. The third-order valence-corrected chi connectivity index (χ3v) is 5.35. The molecular formula is C26H21F6NO5. The van der Waals surface area contributed by atoms with Crippen molar-refractivity contribution in [2.45, 2.75) is 37.5 Å². The van der Waals surface area contributed by atoms with Crippen LogP contribution in [0.5, 0.6) is 11.5 Å². The van der Waals surface area contributed by atoms with Crippen LogP contribution in [0.2, 0.25) is 0 Å². The molecule has 0 heterocycles. The maximum atomic E-state index is 13.0. The highest BCUT2D eigenvalue weighted by atomic mass is 19.4. The van der Waals surface area contributed by atoms with Gasteiger partial charge in [-0.2, -0.15) is 0 Å². The minimum Gasteiger partial charge on any atom is -0.481 e. The molecule has 38 heavy (non-hydrogen) atoms. The summed E-state index contributed by atoms with van der Waals surface area (Å²) in [4.78, 5) is 24.0. The van der Waals surface area contributed by atoms with Crippen LogP contribution in [0.15, 0.2) is 78.9 Å². The monoisotopic (exact) mass is 541 g/mol. The lowest BCUT2D eigenvalue weighted by atomic mass is 9.77. The number of aliphatic carboxylic acids is 1. The lowest BCUT2D eigenvalue weighted by Gasteiger charge is -2.37. The van der Waals surface area contributed by atoms with Gasteiger partial charge < -0.3 is 19.9 Å². The third kappa shape index (κ3) is 8.15. The first-order chi connectivity index (χ1) is 17.8. The Morgan fingerprint density at radius 2 is 1.21 bits per heavy atom. The van der Waals surface area contributed by atoms with Gasteiger partial charge in [0.05, 0.1) is 12.0 Å². The molecule has 2 N–H and O–H groups in total. The van der Waals surface area contributed by atoms with Crippen molar-refractivity contribution >= 4 is 11.9 Å². The van der Waals surface area contributed by atoms with Crippen molar-refractivity contribution in [1.29, 1.82) is 0 Å². The van der Waals surface area contributed by atoms with Gasteiger partial charge >= 0.3 is 18.7 Å². The first-order valence-electron chi connectivity index (χ1n) is 11.0. The molecule has 202 valence electrons. The van der Waals surface area contributed by atoms with Crippen LogP contribution in [0.4, 0.5) is 26.3 Å². The minimum absolute atomic E-state index is 0.0379. The highest BCUT2D eigenvalue weighted by molar-refractivity contribution is 5.82. The van der Waals surface area contributed by atoms with E-state index in [9.17, 15) is 35.9 Å². The van der Waals surface area contributed by atoms with Gasteiger partial charge in [-0.15, -0.1) is 26.3 Å². The van der Waals surface area contributed by atoms with E-state index in [1.807, 2.05) is 0 Å². The third-order valence-electron chi connectivity index (χ3n) is 5.35. The summed E-state index contributed by atoms with van der Waals surface area (Å²) in [6.45, 7) is 0. The fraction of sp³-hybridized carbons (Fsp3) is 0.231. The zero-order valence-electron chi connectivity index (χ0n) is 19.5. The smallest absolute Gasteiger partial charge is 0.481 e. The average molecular weight is 541 g/mol. The number of hydrogen-bond acceptors (Lipinski definition) is 4. The number of benzene rings is 3. The fourth-order valence-electron chi connectivity index (χ4n) is 3.90. The Morgan fingerprint density at radius 3 is 1.66 bits per heavy atom. The molecular weight excluding hydrogens is 520 g/mol.